The predicted octanol–water partition coefficient (Wildman–Crippen LogP) is -1.13. The first-order valence-corrected chi connectivity index (χ1v) is 6.06. The van der Waals surface area contributed by atoms with E-state index in [1.54, 1.807) is 0 Å². The zero-order valence-electron chi connectivity index (χ0n) is 13.0. The molecule has 112 valence electrons. The molecule has 0 bridgehead atoms. The summed E-state index contributed by atoms with van der Waals surface area (Å²) in [6, 6.07) is 0. The molecule has 0 aromatic heterocycles. The van der Waals surface area contributed by atoms with Crippen molar-refractivity contribution < 1.29 is 42.1 Å². The Hall–Kier alpha value is -1.85. The Labute approximate surface area is 143 Å². The van der Waals surface area contributed by atoms with Crippen LogP contribution in [0.3, 0.4) is 0 Å². The van der Waals surface area contributed by atoms with Crippen LogP contribution < -0.4 is 20.4 Å². The quantitative estimate of drug-likeness (QED) is 0.416. The van der Waals surface area contributed by atoms with Crippen molar-refractivity contribution in [2.24, 2.45) is 0 Å². The molecule has 0 unspecified atom stereocenters. The second kappa shape index (κ2) is 51.8. The molecule has 0 fully saturated rings. The van der Waals surface area contributed by atoms with E-state index in [0.717, 1.165) is 0 Å². The van der Waals surface area contributed by atoms with Crippen molar-refractivity contribution in [1.29, 1.82) is 0 Å². The molecule has 0 saturated heterocycles. The molecule has 0 atom stereocenters. The van der Waals surface area contributed by atoms with Crippen LogP contribution in [0.2, 0.25) is 0 Å². The topological polar surface area (TPSA) is 92.2 Å². The maximum absolute atomic E-state index is 9.17. The van der Waals surface area contributed by atoms with Gasteiger partial charge in [0.05, 0.1) is 0 Å². The van der Waals surface area contributed by atoms with Crippen molar-refractivity contribution in [3.8, 4) is 48.1 Å². The Morgan fingerprint density at radius 3 is 0.619 bits per heavy atom. The van der Waals surface area contributed by atoms with E-state index in [-0.39, 0.29) is 21.7 Å². The van der Waals surface area contributed by atoms with Gasteiger partial charge in [0, 0.05) is 25.7 Å². The van der Waals surface area contributed by atoms with Crippen LogP contribution in [0.1, 0.15) is 53.4 Å². The fourth-order valence-corrected chi connectivity index (χ4v) is 0.289. The van der Waals surface area contributed by atoms with Gasteiger partial charge in [0.15, 0.2) is 0 Å². The van der Waals surface area contributed by atoms with Crippen molar-refractivity contribution in [2.45, 2.75) is 53.4 Å². The summed E-state index contributed by atoms with van der Waals surface area (Å²) in [6.45, 7) is 7.35. The molecular formula is C16H20O4Ti. The smallest absolute Gasteiger partial charge is 0.833 e. The molecule has 0 aliphatic carbocycles. The molecule has 0 amide bonds. The monoisotopic (exact) mass is 324 g/mol. The van der Waals surface area contributed by atoms with Gasteiger partial charge in [0.25, 0.3) is 0 Å². The summed E-state index contributed by atoms with van der Waals surface area (Å²) in [7, 11) is 0. The minimum absolute atomic E-state index is 0. The molecule has 0 heterocycles. The molecular weight excluding hydrogens is 304 g/mol. The van der Waals surface area contributed by atoms with E-state index in [1.165, 1.54) is 24.4 Å². The maximum atomic E-state index is 9.17. The van der Waals surface area contributed by atoms with Crippen molar-refractivity contribution in [3.05, 3.63) is 0 Å². The average molecular weight is 324 g/mol. The van der Waals surface area contributed by atoms with Gasteiger partial charge >= 0.3 is 21.7 Å². The second-order valence-corrected chi connectivity index (χ2v) is 2.53. The van der Waals surface area contributed by atoms with Crippen LogP contribution in [0.5, 0.6) is 0 Å². The van der Waals surface area contributed by atoms with Gasteiger partial charge in [0.1, 0.15) is 0 Å². The van der Waals surface area contributed by atoms with E-state index in [0.29, 0.717) is 25.7 Å². The minimum Gasteiger partial charge on any atom is -0.833 e. The molecule has 0 rings (SSSR count). The summed E-state index contributed by atoms with van der Waals surface area (Å²) < 4.78 is 0. The van der Waals surface area contributed by atoms with E-state index in [9.17, 15) is 0 Å². The molecule has 0 aromatic carbocycles. The molecule has 0 radical (unpaired) electrons. The molecule has 21 heavy (non-hydrogen) atoms. The van der Waals surface area contributed by atoms with Gasteiger partial charge in [-0.15, -0.1) is 23.7 Å². The first-order valence-electron chi connectivity index (χ1n) is 6.06. The Bertz CT molecular complexity index is 309. The van der Waals surface area contributed by atoms with Crippen LogP contribution in [0, 0.1) is 48.1 Å². The van der Waals surface area contributed by atoms with Crippen molar-refractivity contribution in [1.82, 2.24) is 0 Å². The maximum Gasteiger partial charge on any atom is 4.00 e. The molecule has 0 spiro atoms. The summed E-state index contributed by atoms with van der Waals surface area (Å²) in [6.07, 6.45) is 8.75. The van der Waals surface area contributed by atoms with Gasteiger partial charge in [-0.05, 0) is 0 Å². The molecule has 0 saturated carbocycles. The van der Waals surface area contributed by atoms with E-state index >= 15 is 0 Å². The van der Waals surface area contributed by atoms with Crippen LogP contribution in [0.25, 0.3) is 0 Å². The standard InChI is InChI=1S/4C4H6O.Ti/c4*1-2-3-4-5;/h4*5H,2H2,1H3;/q;;;;+4/p-4. The summed E-state index contributed by atoms with van der Waals surface area (Å²) in [5.74, 6) is 9.22. The Morgan fingerprint density at radius 1 is 0.476 bits per heavy atom. The van der Waals surface area contributed by atoms with E-state index < -0.39 is 0 Å². The second-order valence-electron chi connectivity index (χ2n) is 2.53. The van der Waals surface area contributed by atoms with E-state index in [2.05, 4.69) is 23.7 Å². The van der Waals surface area contributed by atoms with Gasteiger partial charge in [-0.2, -0.15) is 24.4 Å². The SMILES string of the molecule is CCC#C[O-].CCC#C[O-].CCC#C[O-].CCC#C[O-].[Ti+4]. The zero-order valence-corrected chi connectivity index (χ0v) is 14.5. The Morgan fingerprint density at radius 2 is 0.619 bits per heavy atom. The predicted molar refractivity (Wildman–Crippen MR) is 72.3 cm³/mol. The number of rotatable bonds is 0. The molecule has 0 aromatic rings. The van der Waals surface area contributed by atoms with Gasteiger partial charge in [0.2, 0.25) is 0 Å². The van der Waals surface area contributed by atoms with Crippen LogP contribution in [0.4, 0.5) is 0 Å². The third-order valence-electron chi connectivity index (χ3n) is 0.996. The normalized spacial score (nSPS) is 4.76. The molecule has 0 aliphatic heterocycles. The van der Waals surface area contributed by atoms with Crippen LogP contribution >= 0.6 is 0 Å². The largest absolute Gasteiger partial charge is 4.00 e. The number of hydrogen-bond donors (Lipinski definition) is 0. The Balaban J connectivity index is -0.0000000533. The molecule has 0 aliphatic rings. The number of hydrogen-bond acceptors (Lipinski definition) is 4. The van der Waals surface area contributed by atoms with E-state index in [1.807, 2.05) is 27.7 Å². The van der Waals surface area contributed by atoms with Gasteiger partial charge in [-0.25, -0.2) is 0 Å². The third kappa shape index (κ3) is 125. The van der Waals surface area contributed by atoms with Crippen LogP contribution in [-0.4, -0.2) is 0 Å². The van der Waals surface area contributed by atoms with Crippen LogP contribution in [0.15, 0.2) is 0 Å². The molecule has 0 N–H and O–H groups in total. The first-order chi connectivity index (χ1) is 9.66. The van der Waals surface area contributed by atoms with Crippen LogP contribution in [-0.2, 0) is 21.7 Å². The fourth-order valence-electron chi connectivity index (χ4n) is 0.289. The van der Waals surface area contributed by atoms with Gasteiger partial charge in [-0.3, -0.25) is 0 Å². The minimum atomic E-state index is 0. The Kier molecular flexibility index (Phi) is 77.7. The van der Waals surface area contributed by atoms with Gasteiger partial charge < -0.3 is 20.4 Å². The summed E-state index contributed by atoms with van der Waals surface area (Å²) in [4.78, 5) is 0. The zero-order chi connectivity index (χ0) is 16.5. The summed E-state index contributed by atoms with van der Waals surface area (Å²) in [5.41, 5.74) is 0. The average Bonchev–Trinajstić information content (AvgIpc) is 2.44. The fraction of sp³-hybridized carbons (Fsp3) is 0.500. The third-order valence-corrected chi connectivity index (χ3v) is 0.996. The summed E-state index contributed by atoms with van der Waals surface area (Å²) in [5, 5.41) is 36.7. The van der Waals surface area contributed by atoms with Gasteiger partial charge in [-0.1, -0.05) is 27.7 Å². The van der Waals surface area contributed by atoms with Crippen molar-refractivity contribution in [2.75, 3.05) is 0 Å². The molecule has 4 nitrogen and oxygen atoms in total. The summed E-state index contributed by atoms with van der Waals surface area (Å²) >= 11 is 0. The van der Waals surface area contributed by atoms with Crippen molar-refractivity contribution >= 4 is 0 Å². The van der Waals surface area contributed by atoms with Crippen molar-refractivity contribution in [3.63, 3.8) is 0 Å². The first kappa shape index (κ1) is 31.5. The van der Waals surface area contributed by atoms with E-state index in [4.69, 9.17) is 20.4 Å². The molecule has 5 heteroatoms.